The van der Waals surface area contributed by atoms with Crippen LogP contribution in [0.1, 0.15) is 81.5 Å². The monoisotopic (exact) mass is 2010 g/mol. The van der Waals surface area contributed by atoms with Crippen molar-refractivity contribution in [2.45, 2.75) is 156 Å². The van der Waals surface area contributed by atoms with Crippen LogP contribution in [0, 0.1) is 6.92 Å². The number of imidazole rings is 4. The lowest BCUT2D eigenvalue weighted by molar-refractivity contribution is -0.0566. The standard InChI is InChI=1S/C59H75N25O31P6S6/c1-22-10-80(59(91)78-51(22)86)38-6-25(30(107-38)12-99-116(92,93)122)112-118(95,124)103-15-33-27(8-40(109-33)83-20-69-44-49(83)73-56(63)76-53(44)88)115-121(98,127)104-16-34-28(9-41(110-34)84-21-70-45-50(84)74-57(64)77-54(45)89)114-120(97,126)102-14-32-26(7-39(108-32)81-18-67-42-46(61)65-17-66-47(42)81)113-119(96,125)101-13-31-24(5-37(106-31)79-3-2-35(60)71-58(79)90)111-117(94,123)100-11-29-23(85)4-36(105-29)82-19-68-43-48(82)72-55(62)75-52(43)87/h2-3,10,17-21,23-34,36-41,85H,4-9,11-16H2,1H3,(H,94,123)(H,95,124)(H,96,125)(H,97,126)(H,98,127)(H2,60,71,90)(H2,61,65,66)(H,78,86,91)(H2,92,93,122)(H3,62,72,75,87)(H3,63,73,76,88)(H3,64,74,77,89). The number of aliphatic hydroxyl groups excluding tert-OH is 1. The molecular formula is C59H75N25O31P6S6. The minimum atomic E-state index is -4.69. The molecule has 0 spiro atoms. The Labute approximate surface area is 738 Å². The van der Waals surface area contributed by atoms with Crippen molar-refractivity contribution in [2.24, 2.45) is 0 Å². The highest BCUT2D eigenvalue weighted by Crippen LogP contribution is 2.57. The summed E-state index contributed by atoms with van der Waals surface area (Å²) in [6.45, 7) is -30.1. The summed E-state index contributed by atoms with van der Waals surface area (Å²) in [6, 6.07) is 1.31. The highest BCUT2D eigenvalue weighted by molar-refractivity contribution is 8.08. The Morgan fingerprint density at radius 2 is 0.724 bits per heavy atom. The van der Waals surface area contributed by atoms with Gasteiger partial charge in [0, 0.05) is 56.5 Å². The third kappa shape index (κ3) is 21.3. The third-order valence-electron chi connectivity index (χ3n) is 20.5. The first-order valence-electron chi connectivity index (χ1n) is 37.3. The molecule has 6 aliphatic rings. The topological polar surface area (TPSA) is 773 Å². The number of H-pyrrole nitrogens is 4. The SMILES string of the molecule is Cc1cn(C2CC(OP(O)(=S)OCC3OC(n4cnc5c(=O)[nH]c(N)nc54)CC3OP(O)(=S)OCC3OC(n4cnc5c(=O)[nH]c(N)nc54)CC3OP(O)(=S)OCC3OC(n4cnc5c(N)ncnc54)CC3OP(O)(=S)OCC3OC(n4ccc(N)nc4=O)CC3OP(O)(=S)OCC3OC(n4cnc5c(=O)[nH]c(N)nc54)CC3O)C(COP(O)(O)=S)O2)c(=O)[nH]c1=O. The normalized spacial score (nSPS) is 28.9. The van der Waals surface area contributed by atoms with Crippen molar-refractivity contribution in [3.05, 3.63) is 118 Å². The van der Waals surface area contributed by atoms with E-state index in [-0.39, 0.29) is 118 Å². The molecular weight excluding hydrogens is 1930 g/mol. The van der Waals surface area contributed by atoms with Gasteiger partial charge in [-0.2, -0.15) is 19.9 Å². The second-order valence-corrected chi connectivity index (χ2v) is 45.6. The largest absolute Gasteiger partial charge is 0.390 e. The van der Waals surface area contributed by atoms with E-state index in [1.807, 2.05) is 0 Å². The molecule has 10 aromatic rings. The van der Waals surface area contributed by atoms with Gasteiger partial charge in [-0.3, -0.25) is 66.5 Å². The van der Waals surface area contributed by atoms with Crippen LogP contribution in [0.3, 0.4) is 0 Å². The fourth-order valence-electron chi connectivity index (χ4n) is 14.7. The average molecular weight is 2010 g/mol. The second kappa shape index (κ2) is 36.9. The molecule has 68 heteroatoms. The number of rotatable bonds is 34. The molecule has 22 N–H and O–H groups in total. The number of ether oxygens (including phenoxy) is 6. The quantitative estimate of drug-likeness (QED) is 0.0188. The van der Waals surface area contributed by atoms with Crippen molar-refractivity contribution >= 4 is 185 Å². The zero-order valence-electron chi connectivity index (χ0n) is 64.6. The van der Waals surface area contributed by atoms with Crippen molar-refractivity contribution in [1.29, 1.82) is 0 Å². The van der Waals surface area contributed by atoms with Crippen LogP contribution in [0.2, 0.25) is 0 Å². The Kier molecular flexibility index (Phi) is 27.1. The fourth-order valence-corrected chi connectivity index (χ4v) is 22.6. The lowest BCUT2D eigenvalue weighted by Crippen LogP contribution is -2.33. The first kappa shape index (κ1) is 93.3. The summed E-state index contributed by atoms with van der Waals surface area (Å²) in [7, 11) is 0. The van der Waals surface area contributed by atoms with Crippen molar-refractivity contribution in [1.82, 2.24) is 97.2 Å². The number of nitrogens with zero attached hydrogens (tertiary/aromatic N) is 16. The number of aromatic amines is 4. The maximum atomic E-state index is 13.3. The molecule has 0 saturated carbocycles. The molecule has 0 amide bonds. The van der Waals surface area contributed by atoms with E-state index in [4.69, 9.17) is 166 Å². The molecule has 0 aromatic carbocycles. The van der Waals surface area contributed by atoms with Crippen LogP contribution < -0.4 is 62.3 Å². The van der Waals surface area contributed by atoms with Crippen LogP contribution >= 0.6 is 40.3 Å². The first-order chi connectivity index (χ1) is 59.9. The lowest BCUT2D eigenvalue weighted by atomic mass is 10.2. The summed E-state index contributed by atoms with van der Waals surface area (Å²) in [5.41, 5.74) is 25.1. The van der Waals surface area contributed by atoms with Crippen LogP contribution in [0.25, 0.3) is 44.7 Å². The van der Waals surface area contributed by atoms with E-state index in [1.165, 1.54) is 75.3 Å². The predicted molar refractivity (Wildman–Crippen MR) is 455 cm³/mol. The van der Waals surface area contributed by atoms with Crippen LogP contribution in [0.4, 0.5) is 29.5 Å². The number of hydrogen-bond acceptors (Lipinski definition) is 45. The minimum absolute atomic E-state index is 0.00166. The summed E-state index contributed by atoms with van der Waals surface area (Å²) >= 11 is 32.6. The molecule has 16 rings (SSSR count). The molecule has 0 aliphatic carbocycles. The zero-order chi connectivity index (χ0) is 90.5. The van der Waals surface area contributed by atoms with Gasteiger partial charge in [0.25, 0.3) is 22.2 Å². The maximum Gasteiger partial charge on any atom is 0.351 e. The number of fused-ring (bicyclic) bond motifs is 4. The summed E-state index contributed by atoms with van der Waals surface area (Å²) in [5.74, 6) is -0.950. The number of nitrogens with two attached hydrogens (primary N) is 5. The van der Waals surface area contributed by atoms with Gasteiger partial charge in [0.2, 0.25) is 17.8 Å². The molecule has 56 nitrogen and oxygen atoms in total. The van der Waals surface area contributed by atoms with Gasteiger partial charge in [-0.15, -0.1) is 0 Å². The number of aromatic nitrogens is 20. The van der Waals surface area contributed by atoms with Gasteiger partial charge >= 0.3 is 51.7 Å². The van der Waals surface area contributed by atoms with Gasteiger partial charge in [-0.25, -0.2) is 39.5 Å². The second-order valence-electron chi connectivity index (χ2n) is 29.0. The molecule has 6 fully saturated rings. The minimum Gasteiger partial charge on any atom is -0.390 e. The summed E-state index contributed by atoms with van der Waals surface area (Å²) in [5, 5.41) is 11.1. The highest BCUT2D eigenvalue weighted by atomic mass is 32.5. The molecule has 10 aromatic heterocycles. The van der Waals surface area contributed by atoms with Crippen LogP contribution in [-0.4, -0.2) is 249 Å². The van der Waals surface area contributed by atoms with Gasteiger partial charge in [-0.05, 0) is 83.8 Å². The van der Waals surface area contributed by atoms with E-state index in [9.17, 15) is 68.1 Å². The van der Waals surface area contributed by atoms with Crippen LogP contribution in [0.5, 0.6) is 0 Å². The maximum absolute atomic E-state index is 13.3. The average Bonchev–Trinajstić information content (AvgIpc) is 1.63. The van der Waals surface area contributed by atoms with E-state index >= 15 is 0 Å². The number of hydrogen-bond donors (Lipinski definition) is 17. The third-order valence-corrected chi connectivity index (χ3v) is 29.2. The molecule has 0 bridgehead atoms. The van der Waals surface area contributed by atoms with E-state index < -0.39 is 224 Å². The molecule has 23 atom stereocenters. The molecule has 16 heterocycles. The Morgan fingerprint density at radius 1 is 0.402 bits per heavy atom. The predicted octanol–water partition coefficient (Wildman–Crippen LogP) is -2.34. The van der Waals surface area contributed by atoms with Gasteiger partial charge in [0.1, 0.15) is 91.7 Å². The number of anilines is 5. The Bertz CT molecular complexity index is 6580. The summed E-state index contributed by atoms with van der Waals surface area (Å²) in [4.78, 5) is 208. The van der Waals surface area contributed by atoms with Crippen LogP contribution in [0.15, 0.2) is 78.9 Å². The van der Waals surface area contributed by atoms with E-state index in [0.717, 1.165) is 9.13 Å². The van der Waals surface area contributed by atoms with Gasteiger partial charge in [-0.1, -0.05) is 0 Å². The number of nitrogen functional groups attached to an aromatic ring is 5. The first-order valence-corrected chi connectivity index (χ1v) is 52.9. The Morgan fingerprint density at radius 3 is 1.09 bits per heavy atom. The van der Waals surface area contributed by atoms with Crippen LogP contribution in [-0.2, 0) is 149 Å². The summed E-state index contributed by atoms with van der Waals surface area (Å²) in [6.07, 6.45) is -16.0. The zero-order valence-corrected chi connectivity index (χ0v) is 74.9. The van der Waals surface area contributed by atoms with E-state index in [1.54, 1.807) is 0 Å². The number of aryl methyl sites for hydroxylation is 1. The van der Waals surface area contributed by atoms with E-state index in [0.29, 0.717) is 0 Å². The Balaban J connectivity index is 0.616. The van der Waals surface area contributed by atoms with Crippen molar-refractivity contribution in [2.75, 3.05) is 68.3 Å². The van der Waals surface area contributed by atoms with Gasteiger partial charge < -0.3 is 146 Å². The molecule has 23 unspecified atom stereocenters. The van der Waals surface area contributed by atoms with Gasteiger partial charge in [0.05, 0.1) is 102 Å². The van der Waals surface area contributed by atoms with Crippen molar-refractivity contribution in [3.8, 4) is 0 Å². The molecule has 0 radical (unpaired) electrons. The highest BCUT2D eigenvalue weighted by Gasteiger charge is 2.50. The van der Waals surface area contributed by atoms with E-state index in [2.05, 4.69) is 81.6 Å². The summed E-state index contributed by atoms with van der Waals surface area (Å²) < 4.78 is 111. The fraction of sp³-hybridized carbons (Fsp3) is 0.525. The molecule has 688 valence electrons. The number of nitrogens with one attached hydrogen (secondary N) is 4. The molecule has 127 heavy (non-hydrogen) atoms. The molecule has 6 saturated heterocycles. The molecule has 6 aliphatic heterocycles. The van der Waals surface area contributed by atoms with Gasteiger partial charge in [0.15, 0.2) is 45.0 Å². The van der Waals surface area contributed by atoms with Crippen molar-refractivity contribution in [3.63, 3.8) is 0 Å². The lowest BCUT2D eigenvalue weighted by Gasteiger charge is -2.28. The smallest absolute Gasteiger partial charge is 0.351 e. The Hall–Kier alpha value is -6.94. The number of aliphatic hydroxyl groups is 1. The van der Waals surface area contributed by atoms with Crippen molar-refractivity contribution < 1.29 is 118 Å².